The molecule has 1 unspecified atom stereocenters. The van der Waals surface area contributed by atoms with Crippen molar-refractivity contribution in [2.45, 2.75) is 52.7 Å². The van der Waals surface area contributed by atoms with Crippen molar-refractivity contribution in [2.75, 3.05) is 0 Å². The topological polar surface area (TPSA) is 59.5 Å². The zero-order valence-electron chi connectivity index (χ0n) is 11.1. The van der Waals surface area contributed by atoms with Gasteiger partial charge in [-0.05, 0) is 39.3 Å². The lowest BCUT2D eigenvalue weighted by molar-refractivity contribution is -0.135. The monoisotopic (exact) mass is 238 g/mol. The molecule has 0 saturated carbocycles. The third kappa shape index (κ3) is 3.60. The fourth-order valence-corrected chi connectivity index (χ4v) is 1.64. The van der Waals surface area contributed by atoms with Gasteiger partial charge in [-0.3, -0.25) is 4.79 Å². The maximum Gasteiger partial charge on any atom is 0.240 e. The van der Waals surface area contributed by atoms with E-state index >= 15 is 0 Å². The first-order chi connectivity index (χ1) is 7.95. The summed E-state index contributed by atoms with van der Waals surface area (Å²) in [7, 11) is 0. The molecule has 17 heavy (non-hydrogen) atoms. The summed E-state index contributed by atoms with van der Waals surface area (Å²) >= 11 is 0. The van der Waals surface area contributed by atoms with Crippen LogP contribution in [0.4, 0.5) is 0 Å². The number of aryl methyl sites for hydroxylation is 1. The van der Waals surface area contributed by atoms with E-state index in [1.807, 2.05) is 39.8 Å². The Labute approximate surface area is 103 Å². The molecule has 0 spiro atoms. The van der Waals surface area contributed by atoms with Gasteiger partial charge in [-0.1, -0.05) is 6.92 Å². The molecule has 1 aromatic heterocycles. The van der Waals surface area contributed by atoms with Crippen LogP contribution in [-0.4, -0.2) is 22.9 Å². The smallest absolute Gasteiger partial charge is 0.240 e. The van der Waals surface area contributed by atoms with Crippen molar-refractivity contribution in [3.63, 3.8) is 0 Å². The summed E-state index contributed by atoms with van der Waals surface area (Å²) in [6.07, 6.45) is 0.652. The van der Waals surface area contributed by atoms with Gasteiger partial charge < -0.3 is 15.1 Å². The summed E-state index contributed by atoms with van der Waals surface area (Å²) in [6, 6.07) is 3.49. The highest BCUT2D eigenvalue weighted by molar-refractivity contribution is 5.81. The van der Waals surface area contributed by atoms with E-state index in [1.54, 1.807) is 4.90 Å². The first-order valence-electron chi connectivity index (χ1n) is 6.07. The maximum atomic E-state index is 12.1. The summed E-state index contributed by atoms with van der Waals surface area (Å²) in [6.45, 7) is 8.26. The number of nitrogens with zero attached hydrogens (tertiary/aromatic N) is 1. The van der Waals surface area contributed by atoms with E-state index < -0.39 is 6.04 Å². The summed E-state index contributed by atoms with van der Waals surface area (Å²) in [5.74, 6) is 1.64. The van der Waals surface area contributed by atoms with Crippen LogP contribution >= 0.6 is 0 Å². The molecule has 2 N–H and O–H groups in total. The normalized spacial score (nSPS) is 12.8. The minimum absolute atomic E-state index is 0.0171. The minimum Gasteiger partial charge on any atom is -0.464 e. The lowest BCUT2D eigenvalue weighted by atomic mass is 10.1. The molecule has 0 bridgehead atoms. The first kappa shape index (κ1) is 13.8. The van der Waals surface area contributed by atoms with Crippen LogP contribution in [-0.2, 0) is 11.3 Å². The summed E-state index contributed by atoms with van der Waals surface area (Å²) < 4.78 is 5.49. The molecule has 1 rings (SSSR count). The van der Waals surface area contributed by atoms with Crippen LogP contribution in [0.3, 0.4) is 0 Å². The largest absolute Gasteiger partial charge is 0.464 e. The molecule has 4 heteroatoms. The molecule has 4 nitrogen and oxygen atoms in total. The van der Waals surface area contributed by atoms with E-state index in [0.29, 0.717) is 13.0 Å². The number of hydrogen-bond donors (Lipinski definition) is 1. The molecule has 0 aliphatic carbocycles. The molecule has 96 valence electrons. The van der Waals surface area contributed by atoms with Crippen molar-refractivity contribution in [1.29, 1.82) is 0 Å². The number of rotatable bonds is 5. The zero-order valence-corrected chi connectivity index (χ0v) is 11.1. The lowest BCUT2D eigenvalue weighted by Gasteiger charge is -2.28. The molecule has 0 aromatic carbocycles. The van der Waals surface area contributed by atoms with Crippen molar-refractivity contribution in [3.05, 3.63) is 23.7 Å². The Balaban J connectivity index is 2.76. The second kappa shape index (κ2) is 5.87. The quantitative estimate of drug-likeness (QED) is 0.854. The molecule has 1 aromatic rings. The number of carbonyl (C=O) groups is 1. The van der Waals surface area contributed by atoms with Gasteiger partial charge in [-0.25, -0.2) is 0 Å². The number of nitrogens with two attached hydrogens (primary N) is 1. The van der Waals surface area contributed by atoms with Gasteiger partial charge in [0.15, 0.2) is 0 Å². The fourth-order valence-electron chi connectivity index (χ4n) is 1.64. The highest BCUT2D eigenvalue weighted by Crippen LogP contribution is 2.13. The van der Waals surface area contributed by atoms with E-state index in [2.05, 4.69) is 0 Å². The van der Waals surface area contributed by atoms with Crippen molar-refractivity contribution in [1.82, 2.24) is 4.90 Å². The van der Waals surface area contributed by atoms with E-state index in [0.717, 1.165) is 11.5 Å². The second-order valence-electron chi connectivity index (χ2n) is 4.59. The van der Waals surface area contributed by atoms with Crippen LogP contribution in [0.25, 0.3) is 0 Å². The summed E-state index contributed by atoms with van der Waals surface area (Å²) in [5, 5.41) is 0. The van der Waals surface area contributed by atoms with Gasteiger partial charge in [-0.15, -0.1) is 0 Å². The predicted molar refractivity (Wildman–Crippen MR) is 67.4 cm³/mol. The third-order valence-electron chi connectivity index (χ3n) is 2.79. The van der Waals surface area contributed by atoms with Crippen LogP contribution in [0, 0.1) is 6.92 Å². The van der Waals surface area contributed by atoms with Crippen LogP contribution in [0.15, 0.2) is 16.5 Å². The van der Waals surface area contributed by atoms with Crippen LogP contribution in [0.5, 0.6) is 0 Å². The number of furan rings is 1. The average Bonchev–Trinajstić information content (AvgIpc) is 2.69. The van der Waals surface area contributed by atoms with Gasteiger partial charge in [0.05, 0.1) is 12.6 Å². The number of hydrogen-bond acceptors (Lipinski definition) is 3. The molecule has 0 radical (unpaired) electrons. The fraction of sp³-hybridized carbons (Fsp3) is 0.615. The summed E-state index contributed by atoms with van der Waals surface area (Å²) in [5.41, 5.74) is 5.79. The van der Waals surface area contributed by atoms with E-state index in [4.69, 9.17) is 10.2 Å². The van der Waals surface area contributed by atoms with Crippen LogP contribution < -0.4 is 5.73 Å². The van der Waals surface area contributed by atoms with Gasteiger partial charge in [-0.2, -0.15) is 0 Å². The van der Waals surface area contributed by atoms with Crippen LogP contribution in [0.1, 0.15) is 38.7 Å². The minimum atomic E-state index is -0.423. The Morgan fingerprint density at radius 1 is 1.47 bits per heavy atom. The van der Waals surface area contributed by atoms with Gasteiger partial charge in [0.25, 0.3) is 0 Å². The second-order valence-corrected chi connectivity index (χ2v) is 4.59. The Hall–Kier alpha value is -1.29. The standard InChI is InChI=1S/C13H22N2O2/c1-5-12(14)13(16)15(9(2)3)8-11-7-6-10(4)17-11/h6-7,9,12H,5,8,14H2,1-4H3. The molecule has 0 aliphatic rings. The van der Waals surface area contributed by atoms with E-state index in [-0.39, 0.29) is 11.9 Å². The Bertz CT molecular complexity index is 371. The molecule has 0 aliphatic heterocycles. The molecule has 0 saturated heterocycles. The molecule has 1 amide bonds. The molecular weight excluding hydrogens is 216 g/mol. The van der Waals surface area contributed by atoms with Gasteiger partial charge in [0.1, 0.15) is 11.5 Å². The SMILES string of the molecule is CCC(N)C(=O)N(Cc1ccc(C)o1)C(C)C. The zero-order chi connectivity index (χ0) is 13.0. The Kier molecular flexibility index (Phi) is 4.75. The Morgan fingerprint density at radius 3 is 2.53 bits per heavy atom. The highest BCUT2D eigenvalue weighted by Gasteiger charge is 2.23. The highest BCUT2D eigenvalue weighted by atomic mass is 16.3. The number of amides is 1. The predicted octanol–water partition coefficient (Wildman–Crippen LogP) is 2.06. The summed E-state index contributed by atoms with van der Waals surface area (Å²) in [4.78, 5) is 13.8. The average molecular weight is 238 g/mol. The Morgan fingerprint density at radius 2 is 2.12 bits per heavy atom. The van der Waals surface area contributed by atoms with Gasteiger partial charge in [0.2, 0.25) is 5.91 Å². The maximum absolute atomic E-state index is 12.1. The van der Waals surface area contributed by atoms with Crippen molar-refractivity contribution < 1.29 is 9.21 Å². The number of carbonyl (C=O) groups excluding carboxylic acids is 1. The lowest BCUT2D eigenvalue weighted by Crippen LogP contribution is -2.46. The van der Waals surface area contributed by atoms with Crippen molar-refractivity contribution in [2.24, 2.45) is 5.73 Å². The first-order valence-corrected chi connectivity index (χ1v) is 6.07. The van der Waals surface area contributed by atoms with E-state index in [9.17, 15) is 4.79 Å². The van der Waals surface area contributed by atoms with E-state index in [1.165, 1.54) is 0 Å². The van der Waals surface area contributed by atoms with Crippen molar-refractivity contribution >= 4 is 5.91 Å². The van der Waals surface area contributed by atoms with Crippen molar-refractivity contribution in [3.8, 4) is 0 Å². The van der Waals surface area contributed by atoms with Crippen LogP contribution in [0.2, 0.25) is 0 Å². The third-order valence-corrected chi connectivity index (χ3v) is 2.79. The molecular formula is C13H22N2O2. The molecule has 1 heterocycles. The van der Waals surface area contributed by atoms with Gasteiger partial charge >= 0.3 is 0 Å². The van der Waals surface area contributed by atoms with Gasteiger partial charge in [0, 0.05) is 6.04 Å². The molecule has 1 atom stereocenters. The molecule has 0 fully saturated rings.